The number of rotatable bonds is 9. The summed E-state index contributed by atoms with van der Waals surface area (Å²) in [6.45, 7) is 2.55. The largest absolute Gasteiger partial charge is 0.481 e. The molecule has 0 bridgehead atoms. The van der Waals surface area contributed by atoms with Gasteiger partial charge in [0, 0.05) is 12.8 Å². The lowest BCUT2D eigenvalue weighted by molar-refractivity contribution is -0.143. The molecule has 0 unspecified atom stereocenters. The SMILES string of the molecule is CCCCOC(=O)CCCCCC(=O)O. The van der Waals surface area contributed by atoms with Crippen molar-refractivity contribution in [3.05, 3.63) is 0 Å². The van der Waals surface area contributed by atoms with E-state index in [1.165, 1.54) is 0 Å². The van der Waals surface area contributed by atoms with E-state index in [1.54, 1.807) is 0 Å². The van der Waals surface area contributed by atoms with Gasteiger partial charge in [-0.15, -0.1) is 0 Å². The number of esters is 1. The van der Waals surface area contributed by atoms with Gasteiger partial charge in [-0.1, -0.05) is 19.8 Å². The third kappa shape index (κ3) is 10.9. The van der Waals surface area contributed by atoms with E-state index in [1.807, 2.05) is 6.92 Å². The number of carbonyl (C=O) groups is 2. The number of carboxylic acids is 1. The highest BCUT2D eigenvalue weighted by Gasteiger charge is 2.02. The molecule has 0 heterocycles. The summed E-state index contributed by atoms with van der Waals surface area (Å²) < 4.78 is 4.95. The van der Waals surface area contributed by atoms with Crippen molar-refractivity contribution < 1.29 is 19.4 Å². The first-order chi connectivity index (χ1) is 7.16. The molecule has 0 aromatic carbocycles. The Kier molecular flexibility index (Phi) is 8.82. The Bertz CT molecular complexity index is 189. The molecule has 0 aromatic rings. The number of hydrogen-bond donors (Lipinski definition) is 1. The van der Waals surface area contributed by atoms with Gasteiger partial charge in [0.05, 0.1) is 6.61 Å². The minimum atomic E-state index is -0.777. The zero-order valence-corrected chi connectivity index (χ0v) is 9.33. The molecule has 0 rings (SSSR count). The molecular formula is C11H20O4. The zero-order chi connectivity index (χ0) is 11.5. The summed E-state index contributed by atoms with van der Waals surface area (Å²) in [6, 6.07) is 0. The van der Waals surface area contributed by atoms with Crippen LogP contribution in [0.2, 0.25) is 0 Å². The standard InChI is InChI=1S/C11H20O4/c1-2-3-9-15-11(14)8-6-4-5-7-10(12)13/h2-9H2,1H3,(H,12,13). The van der Waals surface area contributed by atoms with Crippen LogP contribution in [0.4, 0.5) is 0 Å². The maximum absolute atomic E-state index is 11.1. The van der Waals surface area contributed by atoms with E-state index in [0.717, 1.165) is 25.7 Å². The fourth-order valence-corrected chi connectivity index (χ4v) is 1.12. The molecule has 88 valence electrons. The Morgan fingerprint density at radius 2 is 1.73 bits per heavy atom. The molecule has 15 heavy (non-hydrogen) atoms. The van der Waals surface area contributed by atoms with Crippen LogP contribution in [0, 0.1) is 0 Å². The van der Waals surface area contributed by atoms with Crippen molar-refractivity contribution in [2.24, 2.45) is 0 Å². The predicted octanol–water partition coefficient (Wildman–Crippen LogP) is 2.36. The van der Waals surface area contributed by atoms with Gasteiger partial charge in [-0.05, 0) is 19.3 Å². The van der Waals surface area contributed by atoms with Crippen molar-refractivity contribution in [3.8, 4) is 0 Å². The summed E-state index contributed by atoms with van der Waals surface area (Å²) in [5.74, 6) is -0.945. The normalized spacial score (nSPS) is 9.93. The van der Waals surface area contributed by atoms with Crippen LogP contribution in [0.3, 0.4) is 0 Å². The molecule has 4 nitrogen and oxygen atoms in total. The van der Waals surface area contributed by atoms with Crippen LogP contribution in [-0.2, 0) is 14.3 Å². The summed E-state index contributed by atoms with van der Waals surface area (Å²) in [7, 11) is 0. The summed E-state index contributed by atoms with van der Waals surface area (Å²) in [4.78, 5) is 21.3. The lowest BCUT2D eigenvalue weighted by atomic mass is 10.1. The van der Waals surface area contributed by atoms with Crippen LogP contribution >= 0.6 is 0 Å². The molecular weight excluding hydrogens is 196 g/mol. The maximum Gasteiger partial charge on any atom is 0.305 e. The Hall–Kier alpha value is -1.06. The van der Waals surface area contributed by atoms with Crippen molar-refractivity contribution >= 4 is 11.9 Å². The van der Waals surface area contributed by atoms with E-state index < -0.39 is 5.97 Å². The molecule has 0 aliphatic rings. The van der Waals surface area contributed by atoms with E-state index in [2.05, 4.69) is 0 Å². The number of unbranched alkanes of at least 4 members (excludes halogenated alkanes) is 3. The molecule has 0 aliphatic carbocycles. The van der Waals surface area contributed by atoms with Crippen molar-refractivity contribution in [1.82, 2.24) is 0 Å². The molecule has 0 saturated carbocycles. The molecule has 0 radical (unpaired) electrons. The van der Waals surface area contributed by atoms with Crippen LogP contribution in [0.1, 0.15) is 51.9 Å². The Morgan fingerprint density at radius 1 is 1.07 bits per heavy atom. The van der Waals surface area contributed by atoms with E-state index in [4.69, 9.17) is 9.84 Å². The number of aliphatic carboxylic acids is 1. The molecule has 0 atom stereocenters. The third-order valence-corrected chi connectivity index (χ3v) is 2.03. The van der Waals surface area contributed by atoms with Crippen molar-refractivity contribution in [1.29, 1.82) is 0 Å². The molecule has 1 N–H and O–H groups in total. The summed E-state index contributed by atoms with van der Waals surface area (Å²) in [5.41, 5.74) is 0. The van der Waals surface area contributed by atoms with Crippen molar-refractivity contribution in [2.75, 3.05) is 6.61 Å². The first-order valence-corrected chi connectivity index (χ1v) is 5.54. The highest BCUT2D eigenvalue weighted by molar-refractivity contribution is 5.69. The first kappa shape index (κ1) is 13.9. The second-order valence-corrected chi connectivity index (χ2v) is 3.53. The van der Waals surface area contributed by atoms with Gasteiger partial charge in [0.25, 0.3) is 0 Å². The van der Waals surface area contributed by atoms with E-state index in [-0.39, 0.29) is 12.4 Å². The number of carboxylic acid groups (broad SMARTS) is 1. The summed E-state index contributed by atoms with van der Waals surface area (Å²) in [5, 5.41) is 8.37. The monoisotopic (exact) mass is 216 g/mol. The Morgan fingerprint density at radius 3 is 2.33 bits per heavy atom. The summed E-state index contributed by atoms with van der Waals surface area (Å²) in [6.07, 6.45) is 4.65. The van der Waals surface area contributed by atoms with Gasteiger partial charge >= 0.3 is 11.9 Å². The van der Waals surface area contributed by atoms with E-state index >= 15 is 0 Å². The Labute approximate surface area is 90.6 Å². The number of carbonyl (C=O) groups excluding carboxylic acids is 1. The number of hydrogen-bond acceptors (Lipinski definition) is 3. The topological polar surface area (TPSA) is 63.6 Å². The number of ether oxygens (including phenoxy) is 1. The van der Waals surface area contributed by atoms with Crippen LogP contribution in [0.15, 0.2) is 0 Å². The first-order valence-electron chi connectivity index (χ1n) is 5.54. The van der Waals surface area contributed by atoms with Gasteiger partial charge in [0.2, 0.25) is 0 Å². The van der Waals surface area contributed by atoms with Crippen LogP contribution in [0.5, 0.6) is 0 Å². The molecule has 0 aromatic heterocycles. The minimum absolute atomic E-state index is 0.168. The molecule has 4 heteroatoms. The third-order valence-electron chi connectivity index (χ3n) is 2.03. The van der Waals surface area contributed by atoms with Gasteiger partial charge in [0.1, 0.15) is 0 Å². The van der Waals surface area contributed by atoms with Crippen molar-refractivity contribution in [3.63, 3.8) is 0 Å². The van der Waals surface area contributed by atoms with Gasteiger partial charge < -0.3 is 9.84 Å². The summed E-state index contributed by atoms with van der Waals surface area (Å²) >= 11 is 0. The van der Waals surface area contributed by atoms with E-state index in [9.17, 15) is 9.59 Å². The second kappa shape index (κ2) is 9.49. The van der Waals surface area contributed by atoms with Gasteiger partial charge in [-0.2, -0.15) is 0 Å². The van der Waals surface area contributed by atoms with Crippen LogP contribution in [-0.4, -0.2) is 23.7 Å². The molecule has 0 aliphatic heterocycles. The minimum Gasteiger partial charge on any atom is -0.481 e. The predicted molar refractivity (Wildman–Crippen MR) is 56.6 cm³/mol. The average Bonchev–Trinajstić information content (AvgIpc) is 2.17. The van der Waals surface area contributed by atoms with Gasteiger partial charge in [0.15, 0.2) is 0 Å². The van der Waals surface area contributed by atoms with Crippen LogP contribution in [0.25, 0.3) is 0 Å². The quantitative estimate of drug-likeness (QED) is 0.474. The molecule has 0 saturated heterocycles. The highest BCUT2D eigenvalue weighted by Crippen LogP contribution is 2.04. The lowest BCUT2D eigenvalue weighted by Crippen LogP contribution is -2.05. The highest BCUT2D eigenvalue weighted by atomic mass is 16.5. The van der Waals surface area contributed by atoms with Gasteiger partial charge in [-0.25, -0.2) is 0 Å². The maximum atomic E-state index is 11.1. The smallest absolute Gasteiger partial charge is 0.305 e. The molecule has 0 amide bonds. The Balaban J connectivity index is 3.20. The second-order valence-electron chi connectivity index (χ2n) is 3.53. The van der Waals surface area contributed by atoms with Gasteiger partial charge in [-0.3, -0.25) is 9.59 Å². The lowest BCUT2D eigenvalue weighted by Gasteiger charge is -2.03. The molecule has 0 fully saturated rings. The average molecular weight is 216 g/mol. The molecule has 0 spiro atoms. The fourth-order valence-electron chi connectivity index (χ4n) is 1.12. The van der Waals surface area contributed by atoms with Crippen LogP contribution < -0.4 is 0 Å². The van der Waals surface area contributed by atoms with E-state index in [0.29, 0.717) is 19.4 Å². The van der Waals surface area contributed by atoms with Crippen molar-refractivity contribution in [2.45, 2.75) is 51.9 Å². The zero-order valence-electron chi connectivity index (χ0n) is 9.33. The fraction of sp³-hybridized carbons (Fsp3) is 0.818.